The van der Waals surface area contributed by atoms with Crippen molar-refractivity contribution >= 4 is 0 Å². The van der Waals surface area contributed by atoms with E-state index in [9.17, 15) is 0 Å². The second-order valence-electron chi connectivity index (χ2n) is 3.35. The van der Waals surface area contributed by atoms with E-state index in [4.69, 9.17) is 15.2 Å². The lowest BCUT2D eigenvalue weighted by Crippen LogP contribution is -2.26. The maximum absolute atomic E-state index is 5.76. The van der Waals surface area contributed by atoms with Crippen molar-refractivity contribution in [2.45, 2.75) is 25.8 Å². The first kappa shape index (κ1) is 11.9. The van der Waals surface area contributed by atoms with Crippen molar-refractivity contribution in [3.8, 4) is 0 Å². The summed E-state index contributed by atoms with van der Waals surface area (Å²) in [5.41, 5.74) is 5.76. The minimum absolute atomic E-state index is 0.175. The van der Waals surface area contributed by atoms with Gasteiger partial charge < -0.3 is 15.2 Å². The van der Waals surface area contributed by atoms with Gasteiger partial charge in [0.15, 0.2) is 0 Å². The number of methoxy groups -OCH3 is 2. The number of nitrogens with two attached hydrogens (primary N) is 1. The van der Waals surface area contributed by atoms with E-state index in [1.807, 2.05) is 0 Å². The Kier molecular flexibility index (Phi) is 7.45. The van der Waals surface area contributed by atoms with Gasteiger partial charge in [0.1, 0.15) is 0 Å². The van der Waals surface area contributed by atoms with Crippen LogP contribution in [-0.2, 0) is 9.47 Å². The third kappa shape index (κ3) is 6.58. The Bertz CT molecular complexity index is 86.5. The maximum Gasteiger partial charge on any atom is 0.0613 e. The van der Waals surface area contributed by atoms with Crippen molar-refractivity contribution in [1.82, 2.24) is 0 Å². The summed E-state index contributed by atoms with van der Waals surface area (Å²) in [5, 5.41) is 0. The molecule has 2 unspecified atom stereocenters. The van der Waals surface area contributed by atoms with Crippen LogP contribution >= 0.6 is 0 Å². The van der Waals surface area contributed by atoms with Crippen LogP contribution in [0, 0.1) is 5.92 Å². The van der Waals surface area contributed by atoms with Crippen LogP contribution in [0.15, 0.2) is 0 Å². The fourth-order valence-corrected chi connectivity index (χ4v) is 1.16. The van der Waals surface area contributed by atoms with E-state index in [0.717, 1.165) is 19.4 Å². The van der Waals surface area contributed by atoms with Crippen LogP contribution in [0.2, 0.25) is 0 Å². The molecule has 0 saturated carbocycles. The van der Waals surface area contributed by atoms with E-state index in [-0.39, 0.29) is 6.04 Å². The highest BCUT2D eigenvalue weighted by atomic mass is 16.5. The maximum atomic E-state index is 5.76. The molecule has 2 atom stereocenters. The Morgan fingerprint density at radius 1 is 1.08 bits per heavy atom. The summed E-state index contributed by atoms with van der Waals surface area (Å²) in [6.07, 6.45) is 2.12. The zero-order valence-electron chi connectivity index (χ0n) is 8.38. The van der Waals surface area contributed by atoms with Crippen LogP contribution in [0.1, 0.15) is 19.8 Å². The van der Waals surface area contributed by atoms with E-state index in [2.05, 4.69) is 6.92 Å². The molecule has 3 nitrogen and oxygen atoms in total. The highest BCUT2D eigenvalue weighted by Gasteiger charge is 2.05. The van der Waals surface area contributed by atoms with Gasteiger partial charge in [0, 0.05) is 26.9 Å². The molecular formula is C9H21NO2. The minimum Gasteiger partial charge on any atom is -0.384 e. The van der Waals surface area contributed by atoms with Gasteiger partial charge in [0.2, 0.25) is 0 Å². The molecular weight excluding hydrogens is 154 g/mol. The summed E-state index contributed by atoms with van der Waals surface area (Å²) in [6, 6.07) is 0.175. The van der Waals surface area contributed by atoms with Crippen LogP contribution in [0.25, 0.3) is 0 Å². The molecule has 3 heteroatoms. The average Bonchev–Trinajstić information content (AvgIpc) is 2.02. The van der Waals surface area contributed by atoms with Crippen molar-refractivity contribution in [3.05, 3.63) is 0 Å². The first-order valence-corrected chi connectivity index (χ1v) is 4.44. The van der Waals surface area contributed by atoms with Crippen molar-refractivity contribution in [1.29, 1.82) is 0 Å². The number of ether oxygens (including phenoxy) is 2. The van der Waals surface area contributed by atoms with E-state index < -0.39 is 0 Å². The van der Waals surface area contributed by atoms with E-state index in [0.29, 0.717) is 12.5 Å². The normalized spacial score (nSPS) is 16.0. The average molecular weight is 175 g/mol. The fourth-order valence-electron chi connectivity index (χ4n) is 1.16. The number of rotatable bonds is 7. The van der Waals surface area contributed by atoms with E-state index in [1.165, 1.54) is 0 Å². The summed E-state index contributed by atoms with van der Waals surface area (Å²) < 4.78 is 9.96. The van der Waals surface area contributed by atoms with Crippen LogP contribution in [0.5, 0.6) is 0 Å². The van der Waals surface area contributed by atoms with Gasteiger partial charge in [-0.25, -0.2) is 0 Å². The number of hydrogen-bond acceptors (Lipinski definition) is 3. The lowest BCUT2D eigenvalue weighted by atomic mass is 10.0. The summed E-state index contributed by atoms with van der Waals surface area (Å²) in [5.74, 6) is 0.595. The first-order valence-electron chi connectivity index (χ1n) is 4.44. The predicted molar refractivity (Wildman–Crippen MR) is 50.1 cm³/mol. The fraction of sp³-hybridized carbons (Fsp3) is 1.00. The summed E-state index contributed by atoms with van der Waals surface area (Å²) in [7, 11) is 3.41. The zero-order valence-corrected chi connectivity index (χ0v) is 8.38. The van der Waals surface area contributed by atoms with E-state index in [1.54, 1.807) is 14.2 Å². The molecule has 0 aromatic rings. The monoisotopic (exact) mass is 175 g/mol. The van der Waals surface area contributed by atoms with Gasteiger partial charge in [-0.2, -0.15) is 0 Å². The lowest BCUT2D eigenvalue weighted by molar-refractivity contribution is 0.144. The molecule has 0 bridgehead atoms. The quantitative estimate of drug-likeness (QED) is 0.628. The van der Waals surface area contributed by atoms with Crippen LogP contribution in [-0.4, -0.2) is 33.5 Å². The molecule has 0 aliphatic rings. The molecule has 0 radical (unpaired) electrons. The Morgan fingerprint density at radius 3 is 2.17 bits per heavy atom. The molecule has 0 spiro atoms. The Balaban J connectivity index is 3.27. The molecule has 0 heterocycles. The highest BCUT2D eigenvalue weighted by molar-refractivity contribution is 4.62. The molecule has 0 amide bonds. The van der Waals surface area contributed by atoms with Crippen molar-refractivity contribution < 1.29 is 9.47 Å². The topological polar surface area (TPSA) is 44.5 Å². The van der Waals surface area contributed by atoms with Gasteiger partial charge in [-0.05, 0) is 18.8 Å². The van der Waals surface area contributed by atoms with Gasteiger partial charge in [0.25, 0.3) is 0 Å². The molecule has 0 fully saturated rings. The largest absolute Gasteiger partial charge is 0.384 e. The summed E-state index contributed by atoms with van der Waals surface area (Å²) in [4.78, 5) is 0. The van der Waals surface area contributed by atoms with Crippen molar-refractivity contribution in [2.75, 3.05) is 27.4 Å². The third-order valence-electron chi connectivity index (χ3n) is 1.86. The SMILES string of the molecule is COCC(C)CCC(N)COC. The van der Waals surface area contributed by atoms with E-state index >= 15 is 0 Å². The predicted octanol–water partition coefficient (Wildman–Crippen LogP) is 1.02. The molecule has 0 rings (SSSR count). The summed E-state index contributed by atoms with van der Waals surface area (Å²) >= 11 is 0. The smallest absolute Gasteiger partial charge is 0.0613 e. The molecule has 0 saturated heterocycles. The van der Waals surface area contributed by atoms with Crippen LogP contribution < -0.4 is 5.73 Å². The molecule has 2 N–H and O–H groups in total. The van der Waals surface area contributed by atoms with Crippen molar-refractivity contribution in [2.24, 2.45) is 11.7 Å². The van der Waals surface area contributed by atoms with Gasteiger partial charge >= 0.3 is 0 Å². The molecule has 74 valence electrons. The van der Waals surface area contributed by atoms with Gasteiger partial charge in [-0.1, -0.05) is 6.92 Å². The zero-order chi connectivity index (χ0) is 9.40. The van der Waals surface area contributed by atoms with Gasteiger partial charge in [-0.3, -0.25) is 0 Å². The molecule has 12 heavy (non-hydrogen) atoms. The minimum atomic E-state index is 0.175. The summed E-state index contributed by atoms with van der Waals surface area (Å²) in [6.45, 7) is 3.64. The van der Waals surface area contributed by atoms with Crippen molar-refractivity contribution in [3.63, 3.8) is 0 Å². The molecule has 0 aromatic heterocycles. The highest BCUT2D eigenvalue weighted by Crippen LogP contribution is 2.07. The second kappa shape index (κ2) is 7.53. The molecule has 0 aromatic carbocycles. The Labute approximate surface area is 75.2 Å². The number of hydrogen-bond donors (Lipinski definition) is 1. The lowest BCUT2D eigenvalue weighted by Gasteiger charge is -2.13. The first-order chi connectivity index (χ1) is 5.70. The molecule has 0 aliphatic carbocycles. The Morgan fingerprint density at radius 2 is 1.67 bits per heavy atom. The van der Waals surface area contributed by atoms with Gasteiger partial charge in [0.05, 0.1) is 6.61 Å². The molecule has 0 aliphatic heterocycles. The van der Waals surface area contributed by atoms with Crippen LogP contribution in [0.4, 0.5) is 0 Å². The standard InChI is InChI=1S/C9H21NO2/c1-8(6-11-2)4-5-9(10)7-12-3/h8-9H,4-7,10H2,1-3H3. The van der Waals surface area contributed by atoms with Gasteiger partial charge in [-0.15, -0.1) is 0 Å². The third-order valence-corrected chi connectivity index (χ3v) is 1.86. The van der Waals surface area contributed by atoms with Crippen LogP contribution in [0.3, 0.4) is 0 Å². The second-order valence-corrected chi connectivity index (χ2v) is 3.35. The Hall–Kier alpha value is -0.120.